The van der Waals surface area contributed by atoms with Crippen LogP contribution in [0.4, 0.5) is 0 Å². The van der Waals surface area contributed by atoms with Gasteiger partial charge < -0.3 is 20.8 Å². The number of carbonyl (C=O) groups is 3. The van der Waals surface area contributed by atoms with Crippen LogP contribution in [0.3, 0.4) is 0 Å². The number of amides is 2. The summed E-state index contributed by atoms with van der Waals surface area (Å²) in [7, 11) is 0. The van der Waals surface area contributed by atoms with Gasteiger partial charge in [-0.25, -0.2) is 4.79 Å². The molecule has 1 rings (SSSR count). The van der Waals surface area contributed by atoms with Crippen molar-refractivity contribution in [2.24, 2.45) is 11.7 Å². The van der Waals surface area contributed by atoms with Crippen molar-refractivity contribution in [1.82, 2.24) is 9.80 Å². The van der Waals surface area contributed by atoms with Crippen LogP contribution in [-0.2, 0) is 14.4 Å². The largest absolute Gasteiger partial charge is 0.479 e. The first-order chi connectivity index (χ1) is 9.23. The molecule has 0 aromatic rings. The molecule has 20 heavy (non-hydrogen) atoms. The molecule has 0 bridgehead atoms. The van der Waals surface area contributed by atoms with E-state index in [0.29, 0.717) is 0 Å². The zero-order valence-electron chi connectivity index (χ0n) is 11.7. The summed E-state index contributed by atoms with van der Waals surface area (Å²) in [5.74, 6) is -2.03. The van der Waals surface area contributed by atoms with E-state index in [-0.39, 0.29) is 44.0 Å². The van der Waals surface area contributed by atoms with Crippen molar-refractivity contribution >= 4 is 17.8 Å². The molecule has 0 aromatic carbocycles. The topological polar surface area (TPSA) is 124 Å². The number of rotatable bonds is 7. The second-order valence-electron chi connectivity index (χ2n) is 5.26. The van der Waals surface area contributed by atoms with Gasteiger partial charge in [-0.1, -0.05) is 13.8 Å². The molecule has 0 saturated carbocycles. The fourth-order valence-electron chi connectivity index (χ4n) is 2.46. The Morgan fingerprint density at radius 1 is 1.45 bits per heavy atom. The number of aliphatic hydroxyl groups excluding tert-OH is 1. The van der Waals surface area contributed by atoms with Crippen molar-refractivity contribution in [3.8, 4) is 0 Å². The maximum Gasteiger partial charge on any atom is 0.332 e. The lowest BCUT2D eigenvalue weighted by atomic mass is 10.1. The van der Waals surface area contributed by atoms with E-state index < -0.39 is 18.0 Å². The number of nitrogens with zero attached hydrogens (tertiary/aromatic N) is 2. The van der Waals surface area contributed by atoms with Crippen LogP contribution >= 0.6 is 0 Å². The van der Waals surface area contributed by atoms with Crippen LogP contribution in [0, 0.1) is 5.92 Å². The predicted octanol–water partition coefficient (Wildman–Crippen LogP) is -1.57. The molecule has 0 aromatic heterocycles. The fourth-order valence-corrected chi connectivity index (χ4v) is 2.46. The lowest BCUT2D eigenvalue weighted by Gasteiger charge is -2.32. The van der Waals surface area contributed by atoms with Gasteiger partial charge in [0.2, 0.25) is 11.8 Å². The third kappa shape index (κ3) is 3.91. The molecule has 114 valence electrons. The Bertz CT molecular complexity index is 399. The molecular formula is C12H21N3O5. The third-order valence-electron chi connectivity index (χ3n) is 3.25. The van der Waals surface area contributed by atoms with Gasteiger partial charge in [0.15, 0.2) is 6.10 Å². The molecule has 4 N–H and O–H groups in total. The highest BCUT2D eigenvalue weighted by atomic mass is 16.4. The molecule has 8 nitrogen and oxygen atoms in total. The molecule has 1 aliphatic rings. The Balaban J connectivity index is 2.73. The number of primary amides is 1. The van der Waals surface area contributed by atoms with Crippen molar-refractivity contribution in [3.63, 3.8) is 0 Å². The molecule has 1 fully saturated rings. The number of carboxylic acid groups (broad SMARTS) is 1. The van der Waals surface area contributed by atoms with Crippen LogP contribution in [-0.4, -0.2) is 69.7 Å². The monoisotopic (exact) mass is 287 g/mol. The average Bonchev–Trinajstić information content (AvgIpc) is 2.62. The molecule has 0 spiro atoms. The first-order valence-electron chi connectivity index (χ1n) is 6.46. The molecule has 2 atom stereocenters. The first kappa shape index (κ1) is 16.4. The van der Waals surface area contributed by atoms with Gasteiger partial charge in [0, 0.05) is 6.54 Å². The molecule has 1 aliphatic heterocycles. The fraction of sp³-hybridized carbons (Fsp3) is 0.750. The number of aliphatic hydroxyl groups is 1. The van der Waals surface area contributed by atoms with Crippen LogP contribution in [0.5, 0.6) is 0 Å². The van der Waals surface area contributed by atoms with Gasteiger partial charge in [-0.15, -0.1) is 0 Å². The Morgan fingerprint density at radius 3 is 2.50 bits per heavy atom. The van der Waals surface area contributed by atoms with Crippen molar-refractivity contribution in [3.05, 3.63) is 0 Å². The summed E-state index contributed by atoms with van der Waals surface area (Å²) in [4.78, 5) is 36.7. The highest BCUT2D eigenvalue weighted by molar-refractivity contribution is 5.86. The molecule has 2 unspecified atom stereocenters. The highest BCUT2D eigenvalue weighted by Crippen LogP contribution is 2.22. The summed E-state index contributed by atoms with van der Waals surface area (Å²) in [5.41, 5.74) is 5.14. The second kappa shape index (κ2) is 6.67. The van der Waals surface area contributed by atoms with Gasteiger partial charge in [0.1, 0.15) is 6.54 Å². The van der Waals surface area contributed by atoms with E-state index in [0.717, 1.165) is 0 Å². The quantitative estimate of drug-likeness (QED) is 0.520. The number of hydrogen-bond acceptors (Lipinski definition) is 5. The van der Waals surface area contributed by atoms with Crippen LogP contribution in [0.15, 0.2) is 0 Å². The van der Waals surface area contributed by atoms with Crippen molar-refractivity contribution in [2.75, 3.05) is 19.6 Å². The summed E-state index contributed by atoms with van der Waals surface area (Å²) in [6.07, 6.45) is -1.74. The zero-order valence-corrected chi connectivity index (χ0v) is 11.7. The number of hydrogen-bond donors (Lipinski definition) is 3. The van der Waals surface area contributed by atoms with E-state index in [9.17, 15) is 19.5 Å². The van der Waals surface area contributed by atoms with Gasteiger partial charge in [0.25, 0.3) is 0 Å². The van der Waals surface area contributed by atoms with Crippen molar-refractivity contribution < 1.29 is 24.6 Å². The van der Waals surface area contributed by atoms with Gasteiger partial charge in [0.05, 0.1) is 12.7 Å². The average molecular weight is 287 g/mol. The lowest BCUT2D eigenvalue weighted by Crippen LogP contribution is -2.47. The molecule has 0 radical (unpaired) electrons. The summed E-state index contributed by atoms with van der Waals surface area (Å²) < 4.78 is 0. The summed E-state index contributed by atoms with van der Waals surface area (Å²) in [6, 6.07) is 0. The van der Waals surface area contributed by atoms with Gasteiger partial charge in [-0.05, 0) is 12.3 Å². The van der Waals surface area contributed by atoms with E-state index in [1.807, 2.05) is 13.8 Å². The van der Waals surface area contributed by atoms with Gasteiger partial charge >= 0.3 is 5.97 Å². The number of carbonyl (C=O) groups excluding carboxylic acids is 2. The van der Waals surface area contributed by atoms with Crippen LogP contribution in [0.1, 0.15) is 20.3 Å². The smallest absolute Gasteiger partial charge is 0.332 e. The zero-order chi connectivity index (χ0) is 15.4. The van der Waals surface area contributed by atoms with E-state index in [1.165, 1.54) is 4.90 Å². The highest BCUT2D eigenvalue weighted by Gasteiger charge is 2.40. The number of nitrogens with two attached hydrogens (primary N) is 1. The Kier molecular flexibility index (Phi) is 5.46. The molecule has 1 saturated heterocycles. The molecule has 0 aliphatic carbocycles. The number of aliphatic carboxylic acids is 1. The summed E-state index contributed by atoms with van der Waals surface area (Å²) in [5, 5.41) is 17.9. The third-order valence-corrected chi connectivity index (χ3v) is 3.25. The maximum atomic E-state index is 11.9. The molecule has 8 heteroatoms. The van der Waals surface area contributed by atoms with Crippen LogP contribution in [0.25, 0.3) is 0 Å². The predicted molar refractivity (Wildman–Crippen MR) is 69.4 cm³/mol. The van der Waals surface area contributed by atoms with E-state index >= 15 is 0 Å². The maximum absolute atomic E-state index is 11.9. The molecule has 1 heterocycles. The Labute approximate surface area is 117 Å². The lowest BCUT2D eigenvalue weighted by molar-refractivity contribution is -0.147. The van der Waals surface area contributed by atoms with Crippen LogP contribution in [0.2, 0.25) is 0 Å². The molecule has 2 amide bonds. The van der Waals surface area contributed by atoms with Gasteiger partial charge in [-0.2, -0.15) is 0 Å². The van der Waals surface area contributed by atoms with E-state index in [4.69, 9.17) is 10.8 Å². The summed E-state index contributed by atoms with van der Waals surface area (Å²) >= 11 is 0. The Hall–Kier alpha value is -1.67. The van der Waals surface area contributed by atoms with Gasteiger partial charge in [-0.3, -0.25) is 14.5 Å². The van der Waals surface area contributed by atoms with E-state index in [1.54, 1.807) is 4.90 Å². The minimum absolute atomic E-state index is 0.0241. The SMILES string of the molecule is CC(C)C1N(CCC(O)C(=O)O)CC(=O)N1CC(N)=O. The number of carboxylic acids is 1. The Morgan fingerprint density at radius 2 is 2.05 bits per heavy atom. The van der Waals surface area contributed by atoms with Crippen molar-refractivity contribution in [1.29, 1.82) is 0 Å². The first-order valence-corrected chi connectivity index (χ1v) is 6.46. The molecular weight excluding hydrogens is 266 g/mol. The summed E-state index contributed by atoms with van der Waals surface area (Å²) in [6.45, 7) is 4.01. The second-order valence-corrected chi connectivity index (χ2v) is 5.26. The standard InChI is InChI=1S/C12H21N3O5/c1-7(2)11-14(4-3-8(16)12(19)20)6-10(18)15(11)5-9(13)17/h7-8,11,16H,3-6H2,1-2H3,(H2,13,17)(H,19,20). The minimum atomic E-state index is -1.46. The normalized spacial score (nSPS) is 21.5. The van der Waals surface area contributed by atoms with E-state index in [2.05, 4.69) is 0 Å². The minimum Gasteiger partial charge on any atom is -0.479 e. The van der Waals surface area contributed by atoms with Crippen molar-refractivity contribution in [2.45, 2.75) is 32.5 Å². The van der Waals surface area contributed by atoms with Crippen LogP contribution < -0.4 is 5.73 Å².